The number of likely N-dealkylation sites (N-methyl/N-ethyl adjacent to an activating group) is 1. The lowest BCUT2D eigenvalue weighted by molar-refractivity contribution is -0.144. The molecule has 0 unspecified atom stereocenters. The minimum absolute atomic E-state index is 0.416. The molecule has 0 atom stereocenters. The van der Waals surface area contributed by atoms with Crippen molar-refractivity contribution in [1.29, 1.82) is 0 Å². The summed E-state index contributed by atoms with van der Waals surface area (Å²) in [6.07, 6.45) is 0. The number of anilines is 1. The van der Waals surface area contributed by atoms with Crippen molar-refractivity contribution in [3.05, 3.63) is 30.2 Å². The molecule has 1 fully saturated rings. The van der Waals surface area contributed by atoms with E-state index >= 15 is 0 Å². The lowest BCUT2D eigenvalue weighted by Gasteiger charge is -2.31. The number of amides is 2. The molecule has 126 valence electrons. The maximum Gasteiger partial charge on any atom is 0.313 e. The predicted octanol–water partition coefficient (Wildman–Crippen LogP) is 0.758. The van der Waals surface area contributed by atoms with E-state index in [4.69, 9.17) is 4.42 Å². The first-order chi connectivity index (χ1) is 11.5. The number of piperazine rings is 1. The molecule has 1 N–H and O–H groups in total. The highest BCUT2D eigenvalue weighted by atomic mass is 16.4. The molecular weight excluding hydrogens is 310 g/mol. The van der Waals surface area contributed by atoms with E-state index in [1.807, 2.05) is 7.05 Å². The van der Waals surface area contributed by atoms with Crippen LogP contribution in [0.15, 0.2) is 28.7 Å². The first-order valence-electron chi connectivity index (χ1n) is 7.72. The molecule has 0 radical (unpaired) electrons. The van der Waals surface area contributed by atoms with Gasteiger partial charge in [0.1, 0.15) is 0 Å². The summed E-state index contributed by atoms with van der Waals surface area (Å²) < 4.78 is 5.34. The minimum atomic E-state index is -0.624. The highest BCUT2D eigenvalue weighted by Gasteiger charge is 2.24. The number of nitrogens with one attached hydrogen (secondary N) is 1. The Labute approximate surface area is 139 Å². The van der Waals surface area contributed by atoms with Gasteiger partial charge in [-0.25, -0.2) is 0 Å². The molecule has 8 nitrogen and oxygen atoms in total. The Morgan fingerprint density at radius 3 is 2.33 bits per heavy atom. The van der Waals surface area contributed by atoms with Crippen LogP contribution < -0.4 is 5.32 Å². The third-order valence-electron chi connectivity index (χ3n) is 3.90. The van der Waals surface area contributed by atoms with Crippen molar-refractivity contribution in [2.75, 3.05) is 38.5 Å². The fraction of sp³-hybridized carbons (Fsp3) is 0.375. The van der Waals surface area contributed by atoms with Gasteiger partial charge in [0.25, 0.3) is 0 Å². The lowest BCUT2D eigenvalue weighted by Crippen LogP contribution is -2.50. The van der Waals surface area contributed by atoms with E-state index in [0.717, 1.165) is 18.7 Å². The van der Waals surface area contributed by atoms with Crippen molar-refractivity contribution in [1.82, 2.24) is 20.0 Å². The number of nitrogens with zero attached hydrogens (tertiary/aromatic N) is 4. The van der Waals surface area contributed by atoms with Crippen molar-refractivity contribution in [2.45, 2.75) is 6.92 Å². The summed E-state index contributed by atoms with van der Waals surface area (Å²) in [4.78, 5) is 28.0. The average molecular weight is 329 g/mol. The van der Waals surface area contributed by atoms with Crippen molar-refractivity contribution in [3.63, 3.8) is 0 Å². The summed E-state index contributed by atoms with van der Waals surface area (Å²) in [5.74, 6) is -0.223. The number of aromatic nitrogens is 2. The second kappa shape index (κ2) is 6.79. The van der Waals surface area contributed by atoms with Crippen LogP contribution in [0.5, 0.6) is 0 Å². The van der Waals surface area contributed by atoms with Gasteiger partial charge in [-0.2, -0.15) is 0 Å². The molecule has 24 heavy (non-hydrogen) atoms. The minimum Gasteiger partial charge on any atom is -0.421 e. The highest BCUT2D eigenvalue weighted by Crippen LogP contribution is 2.20. The Morgan fingerprint density at radius 1 is 1.08 bits per heavy atom. The fourth-order valence-electron chi connectivity index (χ4n) is 2.45. The number of carbonyl (C=O) groups is 2. The second-order valence-corrected chi connectivity index (χ2v) is 5.75. The molecule has 1 aliphatic heterocycles. The van der Waals surface area contributed by atoms with Crippen molar-refractivity contribution in [3.8, 4) is 11.5 Å². The van der Waals surface area contributed by atoms with E-state index < -0.39 is 11.8 Å². The van der Waals surface area contributed by atoms with Crippen LogP contribution in [-0.4, -0.2) is 65.0 Å². The molecule has 1 saturated heterocycles. The first kappa shape index (κ1) is 16.1. The molecule has 1 aromatic carbocycles. The summed E-state index contributed by atoms with van der Waals surface area (Å²) in [7, 11) is 1.99. The normalized spacial score (nSPS) is 15.3. The number of benzene rings is 1. The van der Waals surface area contributed by atoms with Gasteiger partial charge in [0.2, 0.25) is 11.8 Å². The Bertz CT molecular complexity index is 732. The molecule has 1 aliphatic rings. The zero-order valence-electron chi connectivity index (χ0n) is 13.7. The number of hydrogen-bond acceptors (Lipinski definition) is 6. The fourth-order valence-corrected chi connectivity index (χ4v) is 2.45. The van der Waals surface area contributed by atoms with Gasteiger partial charge in [-0.15, -0.1) is 10.2 Å². The standard InChI is InChI=1S/C16H19N5O3/c1-11-18-19-15(24-11)12-3-5-13(6-4-12)17-14(22)16(23)21-9-7-20(2)8-10-21/h3-6H,7-10H2,1-2H3,(H,17,22). The molecule has 2 amide bonds. The first-order valence-corrected chi connectivity index (χ1v) is 7.72. The number of carbonyl (C=O) groups excluding carboxylic acids is 2. The van der Waals surface area contributed by atoms with Crippen molar-refractivity contribution in [2.24, 2.45) is 0 Å². The number of hydrogen-bond donors (Lipinski definition) is 1. The Balaban J connectivity index is 1.61. The Kier molecular flexibility index (Phi) is 4.57. The molecule has 0 spiro atoms. The van der Waals surface area contributed by atoms with Crippen LogP contribution in [0.2, 0.25) is 0 Å². The molecule has 8 heteroatoms. The van der Waals surface area contributed by atoms with Gasteiger partial charge in [0.05, 0.1) is 0 Å². The van der Waals surface area contributed by atoms with Crippen LogP contribution in [0, 0.1) is 6.92 Å². The summed E-state index contributed by atoms with van der Waals surface area (Å²) in [6, 6.07) is 6.90. The third-order valence-corrected chi connectivity index (χ3v) is 3.90. The molecular formula is C16H19N5O3. The molecule has 0 saturated carbocycles. The average Bonchev–Trinajstić information content (AvgIpc) is 3.02. The highest BCUT2D eigenvalue weighted by molar-refractivity contribution is 6.39. The third kappa shape index (κ3) is 3.60. The Morgan fingerprint density at radius 2 is 1.75 bits per heavy atom. The van der Waals surface area contributed by atoms with Gasteiger partial charge >= 0.3 is 11.8 Å². The number of rotatable bonds is 2. The van der Waals surface area contributed by atoms with E-state index in [1.165, 1.54) is 0 Å². The van der Waals surface area contributed by atoms with Gasteiger partial charge in [0, 0.05) is 44.4 Å². The van der Waals surface area contributed by atoms with E-state index in [2.05, 4.69) is 20.4 Å². The van der Waals surface area contributed by atoms with Gasteiger partial charge < -0.3 is 19.5 Å². The lowest BCUT2D eigenvalue weighted by atomic mass is 10.2. The number of aryl methyl sites for hydroxylation is 1. The molecule has 3 rings (SSSR count). The van der Waals surface area contributed by atoms with Crippen LogP contribution in [-0.2, 0) is 9.59 Å². The largest absolute Gasteiger partial charge is 0.421 e. The summed E-state index contributed by atoms with van der Waals surface area (Å²) in [5.41, 5.74) is 1.29. The summed E-state index contributed by atoms with van der Waals surface area (Å²) in [5, 5.41) is 10.3. The molecule has 0 bridgehead atoms. The van der Waals surface area contributed by atoms with Gasteiger partial charge in [-0.1, -0.05) is 0 Å². The molecule has 1 aromatic heterocycles. The second-order valence-electron chi connectivity index (χ2n) is 5.75. The van der Waals surface area contributed by atoms with Crippen LogP contribution >= 0.6 is 0 Å². The van der Waals surface area contributed by atoms with Crippen LogP contribution in [0.1, 0.15) is 5.89 Å². The smallest absolute Gasteiger partial charge is 0.313 e. The maximum absolute atomic E-state index is 12.2. The van der Waals surface area contributed by atoms with E-state index in [9.17, 15) is 9.59 Å². The monoisotopic (exact) mass is 329 g/mol. The predicted molar refractivity (Wildman–Crippen MR) is 87.2 cm³/mol. The Hall–Kier alpha value is -2.74. The van der Waals surface area contributed by atoms with Crippen LogP contribution in [0.25, 0.3) is 11.5 Å². The SMILES string of the molecule is Cc1nnc(-c2ccc(NC(=O)C(=O)N3CCN(C)CC3)cc2)o1. The molecule has 2 heterocycles. The molecule has 0 aliphatic carbocycles. The van der Waals surface area contributed by atoms with Crippen LogP contribution in [0.3, 0.4) is 0 Å². The van der Waals surface area contributed by atoms with Crippen molar-refractivity contribution >= 4 is 17.5 Å². The van der Waals surface area contributed by atoms with Crippen molar-refractivity contribution < 1.29 is 14.0 Å². The van der Waals surface area contributed by atoms with Gasteiger partial charge in [-0.05, 0) is 31.3 Å². The summed E-state index contributed by atoms with van der Waals surface area (Å²) in [6.45, 7) is 4.40. The molecule has 2 aromatic rings. The van der Waals surface area contributed by atoms with Gasteiger partial charge in [-0.3, -0.25) is 9.59 Å². The van der Waals surface area contributed by atoms with Gasteiger partial charge in [0.15, 0.2) is 0 Å². The zero-order valence-corrected chi connectivity index (χ0v) is 13.7. The van der Waals surface area contributed by atoms with E-state index in [1.54, 1.807) is 36.1 Å². The van der Waals surface area contributed by atoms with Crippen LogP contribution in [0.4, 0.5) is 5.69 Å². The topological polar surface area (TPSA) is 91.6 Å². The van der Waals surface area contributed by atoms with E-state index in [0.29, 0.717) is 30.6 Å². The quantitative estimate of drug-likeness (QED) is 0.818. The van der Waals surface area contributed by atoms with E-state index in [-0.39, 0.29) is 0 Å². The summed E-state index contributed by atoms with van der Waals surface area (Å²) >= 11 is 0. The zero-order chi connectivity index (χ0) is 17.1. The maximum atomic E-state index is 12.2.